The topological polar surface area (TPSA) is 58.6 Å². The summed E-state index contributed by atoms with van der Waals surface area (Å²) in [6, 6.07) is 0.543. The molecular formula is C9H15NO3. The van der Waals surface area contributed by atoms with Crippen LogP contribution < -0.4 is 5.32 Å². The Morgan fingerprint density at radius 2 is 2.38 bits per heavy atom. The first-order chi connectivity index (χ1) is 6.20. The van der Waals surface area contributed by atoms with Crippen molar-refractivity contribution in [1.82, 2.24) is 5.32 Å². The fourth-order valence-electron chi connectivity index (χ4n) is 1.86. The van der Waals surface area contributed by atoms with Crippen LogP contribution in [0.3, 0.4) is 0 Å². The zero-order chi connectivity index (χ0) is 9.31. The third-order valence-electron chi connectivity index (χ3n) is 2.68. The highest BCUT2D eigenvalue weighted by molar-refractivity contribution is 5.68. The summed E-state index contributed by atoms with van der Waals surface area (Å²) in [4.78, 5) is 10.7. The maximum atomic E-state index is 10.7. The van der Waals surface area contributed by atoms with E-state index in [9.17, 15) is 4.79 Å². The molecule has 1 saturated heterocycles. The van der Waals surface area contributed by atoms with Gasteiger partial charge in [-0.1, -0.05) is 0 Å². The van der Waals surface area contributed by atoms with Crippen LogP contribution in [0.2, 0.25) is 0 Å². The Morgan fingerprint density at radius 3 is 2.85 bits per heavy atom. The van der Waals surface area contributed by atoms with Crippen LogP contribution >= 0.6 is 0 Å². The number of carbonyl (C=O) groups is 1. The molecule has 2 rings (SSSR count). The minimum Gasteiger partial charge on any atom is -0.481 e. The lowest BCUT2D eigenvalue weighted by molar-refractivity contribution is -0.138. The van der Waals surface area contributed by atoms with E-state index in [1.165, 1.54) is 12.8 Å². The predicted molar refractivity (Wildman–Crippen MR) is 46.6 cm³/mol. The van der Waals surface area contributed by atoms with Crippen molar-refractivity contribution in [3.05, 3.63) is 0 Å². The van der Waals surface area contributed by atoms with Gasteiger partial charge in [-0.05, 0) is 19.3 Å². The second-order valence-electron chi connectivity index (χ2n) is 4.07. The van der Waals surface area contributed by atoms with Gasteiger partial charge in [0, 0.05) is 12.6 Å². The van der Waals surface area contributed by atoms with Gasteiger partial charge in [0.05, 0.1) is 18.6 Å². The van der Waals surface area contributed by atoms with Gasteiger partial charge in [0.2, 0.25) is 0 Å². The van der Waals surface area contributed by atoms with E-state index >= 15 is 0 Å². The maximum Gasteiger partial charge on any atom is 0.305 e. The Balaban J connectivity index is 1.95. The second-order valence-corrected chi connectivity index (χ2v) is 4.07. The van der Waals surface area contributed by atoms with Gasteiger partial charge in [0.25, 0.3) is 0 Å². The van der Waals surface area contributed by atoms with Crippen molar-refractivity contribution in [1.29, 1.82) is 0 Å². The summed E-state index contributed by atoms with van der Waals surface area (Å²) in [5.74, 6) is -0.737. The van der Waals surface area contributed by atoms with Crippen LogP contribution in [0, 0.1) is 0 Å². The van der Waals surface area contributed by atoms with Gasteiger partial charge < -0.3 is 15.2 Å². The van der Waals surface area contributed by atoms with Gasteiger partial charge in [-0.2, -0.15) is 0 Å². The van der Waals surface area contributed by atoms with Crippen molar-refractivity contribution in [2.24, 2.45) is 0 Å². The first-order valence-corrected chi connectivity index (χ1v) is 4.77. The standard InChI is InChI=1S/C9H15NO3/c11-8(12)5-9(3-4-13-6-9)10-7-1-2-7/h7,10H,1-6H2,(H,11,12). The molecule has 4 heteroatoms. The molecule has 0 aromatic rings. The van der Waals surface area contributed by atoms with Crippen LogP contribution in [0.4, 0.5) is 0 Å². The molecule has 1 saturated carbocycles. The summed E-state index contributed by atoms with van der Waals surface area (Å²) in [5.41, 5.74) is -0.271. The summed E-state index contributed by atoms with van der Waals surface area (Å²) in [7, 11) is 0. The van der Waals surface area contributed by atoms with Crippen molar-refractivity contribution >= 4 is 5.97 Å². The highest BCUT2D eigenvalue weighted by atomic mass is 16.5. The number of aliphatic carboxylic acids is 1. The highest BCUT2D eigenvalue weighted by Crippen LogP contribution is 2.29. The van der Waals surface area contributed by atoms with Crippen molar-refractivity contribution < 1.29 is 14.6 Å². The highest BCUT2D eigenvalue weighted by Gasteiger charge is 2.40. The van der Waals surface area contributed by atoms with Crippen LogP contribution in [0.25, 0.3) is 0 Å². The van der Waals surface area contributed by atoms with E-state index in [0.717, 1.165) is 6.42 Å². The lowest BCUT2D eigenvalue weighted by atomic mass is 9.94. The minimum atomic E-state index is -0.737. The molecule has 0 amide bonds. The molecule has 0 aromatic heterocycles. The second kappa shape index (κ2) is 3.27. The van der Waals surface area contributed by atoms with Gasteiger partial charge in [-0.25, -0.2) is 0 Å². The monoisotopic (exact) mass is 185 g/mol. The summed E-state index contributed by atoms with van der Waals surface area (Å²) < 4.78 is 5.26. The number of nitrogens with one attached hydrogen (secondary N) is 1. The van der Waals surface area contributed by atoms with E-state index in [2.05, 4.69) is 5.32 Å². The number of rotatable bonds is 4. The van der Waals surface area contributed by atoms with Crippen LogP contribution in [0.5, 0.6) is 0 Å². The molecule has 1 aliphatic carbocycles. The molecule has 4 nitrogen and oxygen atoms in total. The fraction of sp³-hybridized carbons (Fsp3) is 0.889. The Morgan fingerprint density at radius 1 is 1.62 bits per heavy atom. The number of ether oxygens (including phenoxy) is 1. The first-order valence-electron chi connectivity index (χ1n) is 4.77. The molecule has 2 N–H and O–H groups in total. The van der Waals surface area contributed by atoms with Crippen molar-refractivity contribution in [3.63, 3.8) is 0 Å². The molecule has 1 atom stereocenters. The summed E-state index contributed by atoms with van der Waals surface area (Å²) in [6.07, 6.45) is 3.38. The molecule has 13 heavy (non-hydrogen) atoms. The largest absolute Gasteiger partial charge is 0.481 e. The van der Waals surface area contributed by atoms with E-state index in [4.69, 9.17) is 9.84 Å². The number of carboxylic acids is 1. The third kappa shape index (κ3) is 2.19. The summed E-state index contributed by atoms with van der Waals surface area (Å²) in [6.45, 7) is 1.24. The average molecular weight is 185 g/mol. The van der Waals surface area contributed by atoms with Gasteiger partial charge in [0.15, 0.2) is 0 Å². The van der Waals surface area contributed by atoms with E-state index in [-0.39, 0.29) is 12.0 Å². The average Bonchev–Trinajstić information content (AvgIpc) is 2.70. The fourth-order valence-corrected chi connectivity index (χ4v) is 1.86. The lowest BCUT2D eigenvalue weighted by Crippen LogP contribution is -2.48. The van der Waals surface area contributed by atoms with E-state index in [1.807, 2.05) is 0 Å². The van der Waals surface area contributed by atoms with Crippen molar-refractivity contribution in [2.45, 2.75) is 37.3 Å². The van der Waals surface area contributed by atoms with E-state index < -0.39 is 5.97 Å². The normalized spacial score (nSPS) is 33.5. The molecule has 1 unspecified atom stereocenters. The molecule has 0 radical (unpaired) electrons. The van der Waals surface area contributed by atoms with Crippen molar-refractivity contribution in [3.8, 4) is 0 Å². The molecule has 1 aliphatic heterocycles. The van der Waals surface area contributed by atoms with E-state index in [1.54, 1.807) is 0 Å². The third-order valence-corrected chi connectivity index (χ3v) is 2.68. The molecule has 0 bridgehead atoms. The zero-order valence-electron chi connectivity index (χ0n) is 7.58. The number of carboxylic acid groups (broad SMARTS) is 1. The molecule has 2 aliphatic rings. The molecule has 2 fully saturated rings. The van der Waals surface area contributed by atoms with E-state index in [0.29, 0.717) is 19.3 Å². The van der Waals surface area contributed by atoms with Crippen LogP contribution in [0.1, 0.15) is 25.7 Å². The van der Waals surface area contributed by atoms with Crippen LogP contribution in [0.15, 0.2) is 0 Å². The first kappa shape index (κ1) is 8.97. The lowest BCUT2D eigenvalue weighted by Gasteiger charge is -2.26. The maximum absolute atomic E-state index is 10.7. The molecular weight excluding hydrogens is 170 g/mol. The summed E-state index contributed by atoms with van der Waals surface area (Å²) in [5, 5.41) is 12.2. The Hall–Kier alpha value is -0.610. The predicted octanol–water partition coefficient (Wildman–Crippen LogP) is 0.372. The Bertz CT molecular complexity index is 207. The molecule has 74 valence electrons. The smallest absolute Gasteiger partial charge is 0.305 e. The SMILES string of the molecule is O=C(O)CC1(NC2CC2)CCOC1. The number of hydrogen-bond acceptors (Lipinski definition) is 3. The van der Waals surface area contributed by atoms with Crippen LogP contribution in [-0.4, -0.2) is 35.9 Å². The van der Waals surface area contributed by atoms with Gasteiger partial charge in [-0.3, -0.25) is 4.79 Å². The Kier molecular flexibility index (Phi) is 2.26. The molecule has 0 spiro atoms. The minimum absolute atomic E-state index is 0.184. The van der Waals surface area contributed by atoms with Crippen LogP contribution in [-0.2, 0) is 9.53 Å². The number of hydrogen-bond donors (Lipinski definition) is 2. The molecule has 1 heterocycles. The van der Waals surface area contributed by atoms with Gasteiger partial charge in [-0.15, -0.1) is 0 Å². The van der Waals surface area contributed by atoms with Gasteiger partial charge in [0.1, 0.15) is 0 Å². The zero-order valence-corrected chi connectivity index (χ0v) is 7.58. The summed E-state index contributed by atoms with van der Waals surface area (Å²) >= 11 is 0. The Labute approximate surface area is 77.3 Å². The van der Waals surface area contributed by atoms with Gasteiger partial charge >= 0.3 is 5.97 Å². The van der Waals surface area contributed by atoms with Crippen molar-refractivity contribution in [2.75, 3.05) is 13.2 Å². The molecule has 0 aromatic carbocycles. The quantitative estimate of drug-likeness (QED) is 0.664.